The van der Waals surface area contributed by atoms with Crippen LogP contribution in [0, 0.1) is 21.4 Å². The Labute approximate surface area is 141 Å². The normalized spacial score (nSPS) is 11.1. The van der Waals surface area contributed by atoms with E-state index in [0.717, 1.165) is 12.1 Å². The zero-order valence-corrected chi connectivity index (χ0v) is 13.3. The van der Waals surface area contributed by atoms with Gasteiger partial charge >= 0.3 is 6.18 Å². The number of alkyl halides is 3. The van der Waals surface area contributed by atoms with Gasteiger partial charge in [-0.2, -0.15) is 18.4 Å². The minimum atomic E-state index is -4.78. The molecule has 0 spiro atoms. The van der Waals surface area contributed by atoms with E-state index < -0.39 is 33.5 Å². The molecule has 0 saturated carbocycles. The fourth-order valence-corrected chi connectivity index (χ4v) is 2.69. The van der Waals surface area contributed by atoms with Crippen LogP contribution in [0.3, 0.4) is 0 Å². The Kier molecular flexibility index (Phi) is 4.63. The van der Waals surface area contributed by atoms with Crippen molar-refractivity contribution in [2.24, 2.45) is 0 Å². The van der Waals surface area contributed by atoms with E-state index >= 15 is 0 Å². The lowest BCUT2D eigenvalue weighted by molar-refractivity contribution is -0.384. The quantitative estimate of drug-likeness (QED) is 0.485. The molecule has 9 heteroatoms. The van der Waals surface area contributed by atoms with E-state index in [4.69, 9.17) is 16.9 Å². The van der Waals surface area contributed by atoms with Gasteiger partial charge in [-0.15, -0.1) is 0 Å². The predicted octanol–water partition coefficient (Wildman–Crippen LogP) is 5.57. The molecule has 0 aliphatic heterocycles. The fourth-order valence-electron chi connectivity index (χ4n) is 2.08. The summed E-state index contributed by atoms with van der Waals surface area (Å²) in [6, 6.07) is 6.82. The number of nitro benzene ring substituents is 1. The molecule has 0 aromatic heterocycles. The van der Waals surface area contributed by atoms with E-state index in [1.54, 1.807) is 6.07 Å². The SMILES string of the molecule is N#Cc1cc(Br)cc([N+](=O)[O-])c1-c1ccc(Cl)cc1C(F)(F)F. The lowest BCUT2D eigenvalue weighted by Gasteiger charge is -2.14. The van der Waals surface area contributed by atoms with Gasteiger partial charge in [0.2, 0.25) is 0 Å². The second kappa shape index (κ2) is 6.18. The minimum Gasteiger partial charge on any atom is -0.258 e. The number of hydrogen-bond acceptors (Lipinski definition) is 3. The number of halogens is 5. The van der Waals surface area contributed by atoms with Crippen molar-refractivity contribution >= 4 is 33.2 Å². The number of hydrogen-bond donors (Lipinski definition) is 0. The molecule has 0 atom stereocenters. The van der Waals surface area contributed by atoms with Crippen LogP contribution in [-0.4, -0.2) is 4.92 Å². The Bertz CT molecular complexity index is 847. The van der Waals surface area contributed by atoms with Crippen molar-refractivity contribution in [3.8, 4) is 17.2 Å². The number of nitro groups is 1. The second-order valence-corrected chi connectivity index (χ2v) is 5.76. The number of nitriles is 1. The van der Waals surface area contributed by atoms with Gasteiger partial charge in [-0.25, -0.2) is 0 Å². The first-order valence-electron chi connectivity index (χ1n) is 5.90. The molecular weight excluding hydrogens is 401 g/mol. The molecule has 0 bridgehead atoms. The van der Waals surface area contributed by atoms with Crippen LogP contribution in [-0.2, 0) is 6.18 Å². The van der Waals surface area contributed by atoms with Gasteiger partial charge in [-0.3, -0.25) is 10.1 Å². The second-order valence-electron chi connectivity index (χ2n) is 4.40. The van der Waals surface area contributed by atoms with Crippen LogP contribution in [0.4, 0.5) is 18.9 Å². The van der Waals surface area contributed by atoms with Crippen molar-refractivity contribution in [1.82, 2.24) is 0 Å². The van der Waals surface area contributed by atoms with Crippen LogP contribution in [0.2, 0.25) is 5.02 Å². The van der Waals surface area contributed by atoms with Crippen LogP contribution >= 0.6 is 27.5 Å². The maximum atomic E-state index is 13.2. The molecule has 4 nitrogen and oxygen atoms in total. The minimum absolute atomic E-state index is 0.167. The molecule has 0 heterocycles. The summed E-state index contributed by atoms with van der Waals surface area (Å²) in [5, 5.41) is 20.2. The summed E-state index contributed by atoms with van der Waals surface area (Å²) in [5.41, 5.74) is -2.88. The maximum Gasteiger partial charge on any atom is 0.417 e. The van der Waals surface area contributed by atoms with Gasteiger partial charge in [0.15, 0.2) is 0 Å². The van der Waals surface area contributed by atoms with E-state index in [2.05, 4.69) is 15.9 Å². The predicted molar refractivity (Wildman–Crippen MR) is 81.0 cm³/mol. The lowest BCUT2D eigenvalue weighted by atomic mass is 9.94. The van der Waals surface area contributed by atoms with Crippen LogP contribution in [0.15, 0.2) is 34.8 Å². The lowest BCUT2D eigenvalue weighted by Crippen LogP contribution is -2.08. The third-order valence-corrected chi connectivity index (χ3v) is 3.65. The number of rotatable bonds is 2. The van der Waals surface area contributed by atoms with E-state index in [1.807, 2.05) is 0 Å². The van der Waals surface area contributed by atoms with Crippen LogP contribution in [0.25, 0.3) is 11.1 Å². The van der Waals surface area contributed by atoms with Crippen molar-refractivity contribution in [1.29, 1.82) is 5.26 Å². The first-order chi connectivity index (χ1) is 10.6. The van der Waals surface area contributed by atoms with Gasteiger partial charge in [-0.05, 0) is 18.2 Å². The smallest absolute Gasteiger partial charge is 0.258 e. The first kappa shape index (κ1) is 17.2. The summed E-state index contributed by atoms with van der Waals surface area (Å²) in [6.07, 6.45) is -4.78. The summed E-state index contributed by atoms with van der Waals surface area (Å²) in [4.78, 5) is 10.4. The maximum absolute atomic E-state index is 13.2. The van der Waals surface area contributed by atoms with E-state index in [1.165, 1.54) is 12.1 Å². The molecule has 2 aromatic rings. The summed E-state index contributed by atoms with van der Waals surface area (Å²) in [6.45, 7) is 0. The highest BCUT2D eigenvalue weighted by Gasteiger charge is 2.36. The average Bonchev–Trinajstić information content (AvgIpc) is 2.45. The number of benzene rings is 2. The highest BCUT2D eigenvalue weighted by atomic mass is 79.9. The van der Waals surface area contributed by atoms with Crippen molar-refractivity contribution in [2.75, 3.05) is 0 Å². The molecule has 0 amide bonds. The van der Waals surface area contributed by atoms with Crippen molar-refractivity contribution in [3.05, 3.63) is 61.1 Å². The van der Waals surface area contributed by atoms with Gasteiger partial charge in [0.1, 0.15) is 6.07 Å². The summed E-state index contributed by atoms with van der Waals surface area (Å²) >= 11 is 8.60. The van der Waals surface area contributed by atoms with Gasteiger partial charge in [0.25, 0.3) is 5.69 Å². The number of nitrogens with zero attached hydrogens (tertiary/aromatic N) is 2. The van der Waals surface area contributed by atoms with Gasteiger partial charge in [0.05, 0.1) is 21.6 Å². The van der Waals surface area contributed by atoms with E-state index in [-0.39, 0.29) is 15.1 Å². The molecule has 2 aromatic carbocycles. The zero-order chi connectivity index (χ0) is 17.4. The Morgan fingerprint density at radius 2 is 1.91 bits per heavy atom. The van der Waals surface area contributed by atoms with E-state index in [9.17, 15) is 23.3 Å². The highest BCUT2D eigenvalue weighted by molar-refractivity contribution is 9.10. The standard InChI is InChI=1S/C14H5BrClF3N2O2/c15-8-3-7(6-20)13(12(4-8)21(22)23)10-2-1-9(16)5-11(10)14(17,18)19/h1-5H. The summed E-state index contributed by atoms with van der Waals surface area (Å²) in [7, 11) is 0. The van der Waals surface area contributed by atoms with Gasteiger partial charge in [0, 0.05) is 21.1 Å². The van der Waals surface area contributed by atoms with Crippen LogP contribution < -0.4 is 0 Å². The fraction of sp³-hybridized carbons (Fsp3) is 0.0714. The molecule has 118 valence electrons. The Morgan fingerprint density at radius 3 is 2.43 bits per heavy atom. The molecule has 0 aliphatic rings. The molecule has 0 aliphatic carbocycles. The Hall–Kier alpha value is -2.11. The van der Waals surface area contributed by atoms with Crippen molar-refractivity contribution in [2.45, 2.75) is 6.18 Å². The summed E-state index contributed by atoms with van der Waals surface area (Å²) in [5.74, 6) is 0. The third-order valence-electron chi connectivity index (χ3n) is 2.96. The summed E-state index contributed by atoms with van der Waals surface area (Å²) < 4.78 is 39.9. The van der Waals surface area contributed by atoms with Crippen LogP contribution in [0.1, 0.15) is 11.1 Å². The molecule has 0 fully saturated rings. The first-order valence-corrected chi connectivity index (χ1v) is 7.07. The van der Waals surface area contributed by atoms with Crippen LogP contribution in [0.5, 0.6) is 0 Å². The molecule has 0 radical (unpaired) electrons. The third kappa shape index (κ3) is 3.46. The van der Waals surface area contributed by atoms with E-state index in [0.29, 0.717) is 6.07 Å². The average molecular weight is 406 g/mol. The van der Waals surface area contributed by atoms with Gasteiger partial charge in [-0.1, -0.05) is 33.6 Å². The van der Waals surface area contributed by atoms with Gasteiger partial charge < -0.3 is 0 Å². The molecule has 0 saturated heterocycles. The largest absolute Gasteiger partial charge is 0.417 e. The molecule has 23 heavy (non-hydrogen) atoms. The molecule has 0 N–H and O–H groups in total. The Balaban J connectivity index is 2.93. The highest BCUT2D eigenvalue weighted by Crippen LogP contribution is 2.43. The van der Waals surface area contributed by atoms with Crippen molar-refractivity contribution < 1.29 is 18.1 Å². The zero-order valence-electron chi connectivity index (χ0n) is 11.0. The van der Waals surface area contributed by atoms with Crippen molar-refractivity contribution in [3.63, 3.8) is 0 Å². The topological polar surface area (TPSA) is 66.9 Å². The molecule has 0 unspecified atom stereocenters. The molecule has 2 rings (SSSR count). The molecular formula is C14H5BrClF3N2O2. The monoisotopic (exact) mass is 404 g/mol. The Morgan fingerprint density at radius 1 is 1.26 bits per heavy atom.